The number of methoxy groups -OCH3 is 1. The molecule has 29 heavy (non-hydrogen) atoms. The van der Waals surface area contributed by atoms with Gasteiger partial charge in [0.25, 0.3) is 5.78 Å². The molecule has 0 saturated carbocycles. The van der Waals surface area contributed by atoms with E-state index in [1.54, 1.807) is 45.9 Å². The lowest BCUT2D eigenvalue weighted by Gasteiger charge is -2.20. The average molecular weight is 407 g/mol. The molecule has 10 nitrogen and oxygen atoms in total. The van der Waals surface area contributed by atoms with Gasteiger partial charge >= 0.3 is 17.8 Å². The Morgan fingerprint density at radius 2 is 1.90 bits per heavy atom. The van der Waals surface area contributed by atoms with Crippen molar-refractivity contribution in [3.63, 3.8) is 0 Å². The Bertz CT molecular complexity index is 809. The SMILES string of the molecule is CCOC(=O)C(=[N+]=[N-])C(=O)COc1c(CNC(=O)OC(C)(C)C)cccc1OC. The van der Waals surface area contributed by atoms with Gasteiger partial charge < -0.3 is 29.8 Å². The van der Waals surface area contributed by atoms with Crippen LogP contribution in [0, 0.1) is 0 Å². The molecule has 1 N–H and O–H groups in total. The first kappa shape index (κ1) is 23.6. The molecule has 0 aliphatic rings. The molecule has 0 radical (unpaired) electrons. The fourth-order valence-electron chi connectivity index (χ4n) is 2.12. The fourth-order valence-corrected chi connectivity index (χ4v) is 2.12. The van der Waals surface area contributed by atoms with Gasteiger partial charge in [0.1, 0.15) is 5.60 Å². The summed E-state index contributed by atoms with van der Waals surface area (Å²) < 4.78 is 20.6. The van der Waals surface area contributed by atoms with Gasteiger partial charge in [-0.2, -0.15) is 4.79 Å². The van der Waals surface area contributed by atoms with Crippen LogP contribution in [0.4, 0.5) is 4.79 Å². The number of nitrogens with zero attached hydrogens (tertiary/aromatic N) is 2. The molecule has 0 heterocycles. The van der Waals surface area contributed by atoms with E-state index in [-0.39, 0.29) is 18.9 Å². The monoisotopic (exact) mass is 407 g/mol. The number of amides is 1. The number of Topliss-reactive ketones (excluding diaryl/α,β-unsaturated/α-hetero) is 1. The second-order valence-electron chi connectivity index (χ2n) is 6.68. The number of alkyl carbamates (subject to hydrolysis) is 1. The Hall–Kier alpha value is -3.39. The van der Waals surface area contributed by atoms with Gasteiger partial charge in [0.2, 0.25) is 0 Å². The number of carbonyl (C=O) groups is 3. The molecule has 1 amide bonds. The van der Waals surface area contributed by atoms with E-state index in [2.05, 4.69) is 14.8 Å². The zero-order chi connectivity index (χ0) is 22.0. The molecule has 1 aromatic carbocycles. The van der Waals surface area contributed by atoms with Crippen molar-refractivity contribution in [2.75, 3.05) is 20.3 Å². The van der Waals surface area contributed by atoms with Gasteiger partial charge in [-0.1, -0.05) is 12.1 Å². The van der Waals surface area contributed by atoms with Crippen molar-refractivity contribution in [1.29, 1.82) is 0 Å². The van der Waals surface area contributed by atoms with Gasteiger partial charge in [-0.05, 0) is 33.8 Å². The number of para-hydroxylation sites is 1. The Balaban J connectivity index is 2.92. The highest BCUT2D eigenvalue weighted by Crippen LogP contribution is 2.31. The number of ketones is 1. The lowest BCUT2D eigenvalue weighted by Crippen LogP contribution is -2.33. The normalized spacial score (nSPS) is 10.4. The van der Waals surface area contributed by atoms with Crippen LogP contribution in [0.5, 0.6) is 11.5 Å². The first-order chi connectivity index (χ1) is 13.6. The van der Waals surface area contributed by atoms with Gasteiger partial charge in [0.15, 0.2) is 18.1 Å². The molecule has 0 aliphatic heterocycles. The van der Waals surface area contributed by atoms with Crippen molar-refractivity contribution < 1.29 is 38.1 Å². The molecule has 158 valence electrons. The van der Waals surface area contributed by atoms with Crippen LogP contribution < -0.4 is 14.8 Å². The maximum absolute atomic E-state index is 12.2. The van der Waals surface area contributed by atoms with Crippen molar-refractivity contribution in [2.24, 2.45) is 0 Å². The Morgan fingerprint density at radius 3 is 2.45 bits per heavy atom. The van der Waals surface area contributed by atoms with Gasteiger partial charge in [-0.3, -0.25) is 4.79 Å². The molecular weight excluding hydrogens is 382 g/mol. The van der Waals surface area contributed by atoms with E-state index in [1.165, 1.54) is 7.11 Å². The minimum Gasteiger partial charge on any atom is -0.493 e. The third-order valence-corrected chi connectivity index (χ3v) is 3.28. The van der Waals surface area contributed by atoms with Crippen molar-refractivity contribution in [3.05, 3.63) is 29.3 Å². The first-order valence-electron chi connectivity index (χ1n) is 8.80. The van der Waals surface area contributed by atoms with E-state index in [4.69, 9.17) is 19.7 Å². The largest absolute Gasteiger partial charge is 0.493 e. The smallest absolute Gasteiger partial charge is 0.445 e. The molecular formula is C19H25N3O7. The number of rotatable bonds is 9. The number of nitrogens with one attached hydrogen (secondary N) is 1. The number of hydrogen-bond acceptors (Lipinski definition) is 7. The van der Waals surface area contributed by atoms with Crippen LogP contribution >= 0.6 is 0 Å². The molecule has 1 aromatic rings. The zero-order valence-corrected chi connectivity index (χ0v) is 17.1. The summed E-state index contributed by atoms with van der Waals surface area (Å²) in [5.74, 6) is -1.46. The molecule has 0 fully saturated rings. The van der Waals surface area contributed by atoms with Gasteiger partial charge in [-0.15, -0.1) is 0 Å². The zero-order valence-electron chi connectivity index (χ0n) is 17.1. The molecule has 0 saturated heterocycles. The molecule has 0 atom stereocenters. The topological polar surface area (TPSA) is 137 Å². The highest BCUT2D eigenvalue weighted by Gasteiger charge is 2.31. The highest BCUT2D eigenvalue weighted by atomic mass is 16.6. The van der Waals surface area contributed by atoms with Gasteiger partial charge in [0.05, 0.1) is 13.7 Å². The highest BCUT2D eigenvalue weighted by molar-refractivity contribution is 6.62. The van der Waals surface area contributed by atoms with E-state index in [0.29, 0.717) is 11.3 Å². The maximum Gasteiger partial charge on any atom is 0.445 e. The standard InChI is InChI=1S/C19H25N3O7/c1-6-27-17(24)15(22-20)13(23)11-28-16-12(8-7-9-14(16)26-5)10-21-18(25)29-19(2,3)4/h7-9H,6,10-11H2,1-5H3,(H,21,25). The molecule has 0 bridgehead atoms. The van der Waals surface area contributed by atoms with Crippen LogP contribution in [0.25, 0.3) is 5.53 Å². The van der Waals surface area contributed by atoms with Crippen molar-refractivity contribution >= 4 is 23.6 Å². The predicted molar refractivity (Wildman–Crippen MR) is 102 cm³/mol. The second-order valence-corrected chi connectivity index (χ2v) is 6.68. The van der Waals surface area contributed by atoms with Crippen LogP contribution in [0.2, 0.25) is 0 Å². The summed E-state index contributed by atoms with van der Waals surface area (Å²) in [6.07, 6.45) is -0.626. The Labute approximate surface area is 168 Å². The number of ether oxygens (including phenoxy) is 4. The van der Waals surface area contributed by atoms with Crippen LogP contribution in [-0.4, -0.2) is 54.3 Å². The van der Waals surface area contributed by atoms with Crippen molar-refractivity contribution in [2.45, 2.75) is 39.8 Å². The van der Waals surface area contributed by atoms with E-state index >= 15 is 0 Å². The average Bonchev–Trinajstić information content (AvgIpc) is 2.64. The molecule has 0 aromatic heterocycles. The van der Waals surface area contributed by atoms with Crippen LogP contribution in [0.3, 0.4) is 0 Å². The van der Waals surface area contributed by atoms with Crippen LogP contribution in [0.15, 0.2) is 18.2 Å². The summed E-state index contributed by atoms with van der Waals surface area (Å²) >= 11 is 0. The quantitative estimate of drug-likeness (QED) is 0.217. The summed E-state index contributed by atoms with van der Waals surface area (Å²) in [7, 11) is 1.41. The minimum absolute atomic E-state index is 0.0129. The van der Waals surface area contributed by atoms with Crippen LogP contribution in [-0.2, 0) is 25.6 Å². The van der Waals surface area contributed by atoms with Crippen LogP contribution in [0.1, 0.15) is 33.3 Å². The molecule has 1 rings (SSSR count). The fraction of sp³-hybridized carbons (Fsp3) is 0.474. The van der Waals surface area contributed by atoms with E-state index in [9.17, 15) is 14.4 Å². The van der Waals surface area contributed by atoms with E-state index in [0.717, 1.165) is 0 Å². The number of hydrogen-bond donors (Lipinski definition) is 1. The number of esters is 1. The Kier molecular flexibility index (Phi) is 8.82. The lowest BCUT2D eigenvalue weighted by molar-refractivity contribution is -0.142. The second kappa shape index (κ2) is 10.8. The van der Waals surface area contributed by atoms with Gasteiger partial charge in [-0.25, -0.2) is 9.59 Å². The maximum atomic E-state index is 12.2. The molecule has 0 unspecified atom stereocenters. The predicted octanol–water partition coefficient (Wildman–Crippen LogP) is 1.90. The van der Waals surface area contributed by atoms with E-state index < -0.39 is 35.8 Å². The summed E-state index contributed by atoms with van der Waals surface area (Å²) in [5, 5.41) is 2.58. The summed E-state index contributed by atoms with van der Waals surface area (Å²) in [6, 6.07) is 4.94. The lowest BCUT2D eigenvalue weighted by atomic mass is 10.1. The summed E-state index contributed by atoms with van der Waals surface area (Å²) in [4.78, 5) is 38.3. The van der Waals surface area contributed by atoms with Crippen molar-refractivity contribution in [1.82, 2.24) is 5.32 Å². The third-order valence-electron chi connectivity index (χ3n) is 3.28. The number of carbonyl (C=O) groups excluding carboxylic acids is 3. The summed E-state index contributed by atoms with van der Waals surface area (Å²) in [5.41, 5.74) is 7.97. The first-order valence-corrected chi connectivity index (χ1v) is 8.80. The molecule has 10 heteroatoms. The minimum atomic E-state index is -1.06. The summed E-state index contributed by atoms with van der Waals surface area (Å²) in [6.45, 7) is 6.20. The van der Waals surface area contributed by atoms with Gasteiger partial charge in [0, 0.05) is 12.1 Å². The number of benzene rings is 1. The van der Waals surface area contributed by atoms with E-state index in [1.807, 2.05) is 0 Å². The Morgan fingerprint density at radius 1 is 1.21 bits per heavy atom. The molecule has 0 aliphatic carbocycles. The third kappa shape index (κ3) is 7.63. The van der Waals surface area contributed by atoms with Crippen molar-refractivity contribution in [3.8, 4) is 11.5 Å². The molecule has 0 spiro atoms.